The van der Waals surface area contributed by atoms with Gasteiger partial charge in [-0.15, -0.1) is 0 Å². The molecule has 0 bridgehead atoms. The number of ketones is 1. The number of Topliss-reactive ketones (excluding diaryl/α,β-unsaturated/α-hetero) is 1. The monoisotopic (exact) mass is 368 g/mol. The molecule has 1 saturated heterocycles. The quantitative estimate of drug-likeness (QED) is 0.801. The van der Waals surface area contributed by atoms with E-state index in [2.05, 4.69) is 38.8 Å². The van der Waals surface area contributed by atoms with Crippen molar-refractivity contribution in [1.82, 2.24) is 14.9 Å². The maximum Gasteiger partial charge on any atom is 0.231 e. The number of carbonyl (C=O) groups is 1. The number of aromatic nitrogens is 2. The molecule has 2 aliphatic rings. The van der Waals surface area contributed by atoms with Crippen molar-refractivity contribution in [3.05, 3.63) is 41.7 Å². The molecule has 0 N–H and O–H groups in total. The molecule has 7 nitrogen and oxygen atoms in total. The fraction of sp³-hybridized carbons (Fsp3) is 0.450. The lowest BCUT2D eigenvalue weighted by Gasteiger charge is -2.38. The van der Waals surface area contributed by atoms with Crippen LogP contribution in [0.4, 0.5) is 5.95 Å². The van der Waals surface area contributed by atoms with Crippen LogP contribution in [0.15, 0.2) is 30.6 Å². The topological polar surface area (TPSA) is 67.8 Å². The molecule has 3 heterocycles. The summed E-state index contributed by atoms with van der Waals surface area (Å²) in [5.74, 6) is 2.51. The van der Waals surface area contributed by atoms with Gasteiger partial charge in [0.15, 0.2) is 11.5 Å². The molecule has 1 aromatic heterocycles. The Bertz CT molecular complexity index is 816. The highest BCUT2D eigenvalue weighted by molar-refractivity contribution is 5.77. The van der Waals surface area contributed by atoms with Crippen LogP contribution in [-0.4, -0.2) is 53.6 Å². The lowest BCUT2D eigenvalue weighted by Crippen LogP contribution is -2.47. The zero-order valence-electron chi connectivity index (χ0n) is 15.7. The van der Waals surface area contributed by atoms with Gasteiger partial charge in [0, 0.05) is 51.0 Å². The number of carbonyl (C=O) groups excluding carboxylic acids is 1. The van der Waals surface area contributed by atoms with Gasteiger partial charge >= 0.3 is 0 Å². The van der Waals surface area contributed by atoms with E-state index in [0.29, 0.717) is 19.3 Å². The van der Waals surface area contributed by atoms with Gasteiger partial charge in [0.1, 0.15) is 5.78 Å². The van der Waals surface area contributed by atoms with Gasteiger partial charge in [-0.1, -0.05) is 6.07 Å². The Morgan fingerprint density at radius 1 is 1.11 bits per heavy atom. The van der Waals surface area contributed by atoms with Crippen LogP contribution in [0.25, 0.3) is 0 Å². The summed E-state index contributed by atoms with van der Waals surface area (Å²) in [6, 6.07) is 6.49. The van der Waals surface area contributed by atoms with E-state index in [9.17, 15) is 4.79 Å². The maximum absolute atomic E-state index is 11.2. The molecule has 7 heteroatoms. The summed E-state index contributed by atoms with van der Waals surface area (Å²) in [6.07, 6.45) is 3.90. The van der Waals surface area contributed by atoms with Gasteiger partial charge in [0.2, 0.25) is 12.7 Å². The van der Waals surface area contributed by atoms with Crippen LogP contribution in [0.2, 0.25) is 0 Å². The number of ether oxygens (including phenoxy) is 2. The molecule has 2 aliphatic heterocycles. The van der Waals surface area contributed by atoms with Crippen LogP contribution >= 0.6 is 0 Å². The average molecular weight is 368 g/mol. The number of hydrogen-bond donors (Lipinski definition) is 0. The second-order valence-electron chi connectivity index (χ2n) is 7.08. The first kappa shape index (κ1) is 17.7. The van der Waals surface area contributed by atoms with E-state index in [1.54, 1.807) is 19.3 Å². The van der Waals surface area contributed by atoms with Gasteiger partial charge in [0.05, 0.1) is 0 Å². The SMILES string of the molecule is CC(=O)Cc1cnc(N2CCN([C@H](C)c3ccc4c(c3)OCO4)CC2)nc1. The number of nitrogens with zero attached hydrogens (tertiary/aromatic N) is 4. The summed E-state index contributed by atoms with van der Waals surface area (Å²) in [5.41, 5.74) is 2.10. The number of rotatable bonds is 5. The molecule has 0 radical (unpaired) electrons. The van der Waals surface area contributed by atoms with Crippen LogP contribution < -0.4 is 14.4 Å². The molecule has 1 atom stereocenters. The Morgan fingerprint density at radius 2 is 1.81 bits per heavy atom. The highest BCUT2D eigenvalue weighted by Crippen LogP contribution is 2.35. The lowest BCUT2D eigenvalue weighted by molar-refractivity contribution is -0.116. The minimum absolute atomic E-state index is 0.123. The molecule has 1 fully saturated rings. The molecule has 2 aromatic rings. The summed E-state index contributed by atoms with van der Waals surface area (Å²) in [4.78, 5) is 24.7. The van der Waals surface area contributed by atoms with E-state index in [1.165, 1.54) is 5.56 Å². The van der Waals surface area contributed by atoms with E-state index in [0.717, 1.165) is 49.2 Å². The molecule has 4 rings (SSSR count). The highest BCUT2D eigenvalue weighted by Gasteiger charge is 2.25. The third-order valence-electron chi connectivity index (χ3n) is 5.17. The lowest BCUT2D eigenvalue weighted by atomic mass is 10.1. The zero-order chi connectivity index (χ0) is 18.8. The van der Waals surface area contributed by atoms with E-state index < -0.39 is 0 Å². The third-order valence-corrected chi connectivity index (χ3v) is 5.17. The van der Waals surface area contributed by atoms with Crippen LogP contribution in [0, 0.1) is 0 Å². The molecule has 0 spiro atoms. The van der Waals surface area contributed by atoms with Gasteiger partial charge < -0.3 is 14.4 Å². The summed E-state index contributed by atoms with van der Waals surface area (Å²) in [6.45, 7) is 7.73. The Morgan fingerprint density at radius 3 is 2.52 bits per heavy atom. The number of fused-ring (bicyclic) bond motifs is 1. The highest BCUT2D eigenvalue weighted by atomic mass is 16.7. The molecule has 0 aliphatic carbocycles. The van der Waals surface area contributed by atoms with Crippen molar-refractivity contribution in [3.8, 4) is 11.5 Å². The molecule has 0 unspecified atom stereocenters. The third kappa shape index (κ3) is 3.88. The molecule has 27 heavy (non-hydrogen) atoms. The minimum atomic E-state index is 0.123. The predicted molar refractivity (Wildman–Crippen MR) is 101 cm³/mol. The Hall–Kier alpha value is -2.67. The molecule has 142 valence electrons. The predicted octanol–water partition coefficient (Wildman–Crippen LogP) is 2.22. The second kappa shape index (κ2) is 7.52. The Kier molecular flexibility index (Phi) is 4.94. The van der Waals surface area contributed by atoms with Crippen molar-refractivity contribution in [1.29, 1.82) is 0 Å². The summed E-state index contributed by atoms with van der Waals surface area (Å²) in [5, 5.41) is 0. The van der Waals surface area contributed by atoms with E-state index in [1.807, 2.05) is 6.07 Å². The van der Waals surface area contributed by atoms with Gasteiger partial charge in [-0.2, -0.15) is 0 Å². The Labute approximate surface area is 158 Å². The normalized spacial score (nSPS) is 17.8. The Balaban J connectivity index is 1.36. The smallest absolute Gasteiger partial charge is 0.231 e. The van der Waals surface area contributed by atoms with Gasteiger partial charge in [-0.05, 0) is 37.1 Å². The zero-order valence-corrected chi connectivity index (χ0v) is 15.7. The number of hydrogen-bond acceptors (Lipinski definition) is 7. The van der Waals surface area contributed by atoms with E-state index >= 15 is 0 Å². The molecular weight excluding hydrogens is 344 g/mol. The van der Waals surface area contributed by atoms with E-state index in [4.69, 9.17) is 9.47 Å². The van der Waals surface area contributed by atoms with Crippen LogP contribution in [0.5, 0.6) is 11.5 Å². The first-order valence-electron chi connectivity index (χ1n) is 9.29. The first-order valence-corrected chi connectivity index (χ1v) is 9.29. The minimum Gasteiger partial charge on any atom is -0.454 e. The second-order valence-corrected chi connectivity index (χ2v) is 7.08. The van der Waals surface area contributed by atoms with Crippen molar-refractivity contribution in [3.63, 3.8) is 0 Å². The fourth-order valence-corrected chi connectivity index (χ4v) is 3.58. The van der Waals surface area contributed by atoms with Crippen molar-refractivity contribution < 1.29 is 14.3 Å². The molecular formula is C20H24N4O3. The maximum atomic E-state index is 11.2. The standard InChI is InChI=1S/C20H24N4O3/c1-14(25)9-16-11-21-20(22-12-16)24-7-5-23(6-8-24)15(2)17-3-4-18-19(10-17)27-13-26-18/h3-4,10-12,15H,5-9,13H2,1-2H3/t15-/m1/s1. The van der Waals surface area contributed by atoms with Crippen molar-refractivity contribution in [2.24, 2.45) is 0 Å². The van der Waals surface area contributed by atoms with Crippen LogP contribution in [-0.2, 0) is 11.2 Å². The summed E-state index contributed by atoms with van der Waals surface area (Å²) >= 11 is 0. The van der Waals surface area contributed by atoms with Crippen molar-refractivity contribution in [2.45, 2.75) is 26.3 Å². The van der Waals surface area contributed by atoms with Gasteiger partial charge in [0.25, 0.3) is 0 Å². The number of piperazine rings is 1. The molecule has 1 aromatic carbocycles. The van der Waals surface area contributed by atoms with Crippen LogP contribution in [0.3, 0.4) is 0 Å². The van der Waals surface area contributed by atoms with E-state index in [-0.39, 0.29) is 5.78 Å². The summed E-state index contributed by atoms with van der Waals surface area (Å²) < 4.78 is 10.9. The summed E-state index contributed by atoms with van der Waals surface area (Å²) in [7, 11) is 0. The average Bonchev–Trinajstić information content (AvgIpc) is 3.15. The fourth-order valence-electron chi connectivity index (χ4n) is 3.58. The van der Waals surface area contributed by atoms with Crippen molar-refractivity contribution in [2.75, 3.05) is 37.9 Å². The largest absolute Gasteiger partial charge is 0.454 e. The number of anilines is 1. The van der Waals surface area contributed by atoms with Crippen LogP contribution in [0.1, 0.15) is 31.0 Å². The first-order chi connectivity index (χ1) is 13.1. The van der Waals surface area contributed by atoms with Gasteiger partial charge in [-0.25, -0.2) is 9.97 Å². The van der Waals surface area contributed by atoms with Crippen molar-refractivity contribution >= 4 is 11.7 Å². The number of benzene rings is 1. The molecule has 0 amide bonds. The molecule has 0 saturated carbocycles. The van der Waals surface area contributed by atoms with Gasteiger partial charge in [-0.3, -0.25) is 9.69 Å².